The van der Waals surface area contributed by atoms with E-state index in [2.05, 4.69) is 9.97 Å². The maximum Gasteiger partial charge on any atom is 0.416 e. The lowest BCUT2D eigenvalue weighted by atomic mass is 10.1. The van der Waals surface area contributed by atoms with Crippen LogP contribution >= 0.6 is 0 Å². The minimum absolute atomic E-state index is 0.0102. The monoisotopic (exact) mass is 442 g/mol. The number of carboxylic acid groups (broad SMARTS) is 1. The lowest BCUT2D eigenvalue weighted by molar-refractivity contribution is -0.139. The summed E-state index contributed by atoms with van der Waals surface area (Å²) in [6.07, 6.45) is -4.41. The van der Waals surface area contributed by atoms with Crippen LogP contribution in [0.4, 0.5) is 19.0 Å². The number of piperazine rings is 1. The fourth-order valence-electron chi connectivity index (χ4n) is 3.62. The van der Waals surface area contributed by atoms with Gasteiger partial charge in [0.2, 0.25) is 0 Å². The molecule has 0 spiro atoms. The van der Waals surface area contributed by atoms with E-state index in [0.717, 1.165) is 17.7 Å². The van der Waals surface area contributed by atoms with Crippen molar-refractivity contribution in [1.29, 1.82) is 0 Å². The molecule has 1 aliphatic rings. The zero-order chi connectivity index (χ0) is 22.7. The SMILES string of the molecule is O=C(O)CN1CCN(c2cc(-c3ccccc3)nc(-c3ccc(C(F)(F)F)cc3)n2)CC1. The van der Waals surface area contributed by atoms with Crippen molar-refractivity contribution in [3.05, 3.63) is 66.2 Å². The molecule has 0 aliphatic carbocycles. The second kappa shape index (κ2) is 8.96. The average Bonchev–Trinajstić information content (AvgIpc) is 2.79. The molecule has 1 fully saturated rings. The van der Waals surface area contributed by atoms with E-state index in [1.54, 1.807) is 0 Å². The number of anilines is 1. The van der Waals surface area contributed by atoms with Crippen molar-refractivity contribution in [3.8, 4) is 22.6 Å². The number of rotatable bonds is 5. The standard InChI is InChI=1S/C23H21F3N4O2/c24-23(25,26)18-8-6-17(7-9-18)22-27-19(16-4-2-1-3-5-16)14-20(28-22)30-12-10-29(11-13-30)15-21(31)32/h1-9,14H,10-13,15H2,(H,31,32). The maximum absolute atomic E-state index is 12.9. The van der Waals surface area contributed by atoms with E-state index in [1.165, 1.54) is 12.1 Å². The Bertz CT molecular complexity index is 1080. The van der Waals surface area contributed by atoms with Crippen molar-refractivity contribution in [3.63, 3.8) is 0 Å². The van der Waals surface area contributed by atoms with Gasteiger partial charge in [0.15, 0.2) is 5.82 Å². The molecule has 166 valence electrons. The van der Waals surface area contributed by atoms with E-state index in [4.69, 9.17) is 5.11 Å². The molecule has 0 amide bonds. The Balaban J connectivity index is 1.67. The van der Waals surface area contributed by atoms with Crippen LogP contribution in [-0.4, -0.2) is 58.7 Å². The lowest BCUT2D eigenvalue weighted by Gasteiger charge is -2.34. The second-order valence-electron chi connectivity index (χ2n) is 7.53. The van der Waals surface area contributed by atoms with E-state index in [1.807, 2.05) is 46.2 Å². The molecule has 0 unspecified atom stereocenters. The first kappa shape index (κ1) is 21.8. The van der Waals surface area contributed by atoms with Crippen LogP contribution in [-0.2, 0) is 11.0 Å². The number of hydrogen-bond donors (Lipinski definition) is 1. The lowest BCUT2D eigenvalue weighted by Crippen LogP contribution is -2.48. The minimum Gasteiger partial charge on any atom is -0.480 e. The summed E-state index contributed by atoms with van der Waals surface area (Å²) >= 11 is 0. The van der Waals surface area contributed by atoms with Crippen molar-refractivity contribution < 1.29 is 23.1 Å². The molecule has 2 heterocycles. The fourth-order valence-corrected chi connectivity index (χ4v) is 3.62. The van der Waals surface area contributed by atoms with Crippen molar-refractivity contribution in [1.82, 2.24) is 14.9 Å². The third-order valence-electron chi connectivity index (χ3n) is 5.31. The van der Waals surface area contributed by atoms with E-state index >= 15 is 0 Å². The first-order valence-corrected chi connectivity index (χ1v) is 10.1. The molecule has 1 aliphatic heterocycles. The van der Waals surface area contributed by atoms with Gasteiger partial charge in [-0.15, -0.1) is 0 Å². The molecule has 32 heavy (non-hydrogen) atoms. The number of alkyl halides is 3. The average molecular weight is 442 g/mol. The summed E-state index contributed by atoms with van der Waals surface area (Å²) in [6.45, 7) is 2.32. The van der Waals surface area contributed by atoms with Gasteiger partial charge in [0, 0.05) is 43.4 Å². The predicted octanol–water partition coefficient (Wildman–Crippen LogP) is 4.04. The molecule has 4 rings (SSSR count). The molecular weight excluding hydrogens is 421 g/mol. The summed E-state index contributed by atoms with van der Waals surface area (Å²) in [6, 6.07) is 16.2. The Labute approximate surface area is 183 Å². The van der Waals surface area contributed by atoms with Crippen LogP contribution in [0.15, 0.2) is 60.7 Å². The third-order valence-corrected chi connectivity index (χ3v) is 5.31. The first-order valence-electron chi connectivity index (χ1n) is 10.1. The summed E-state index contributed by atoms with van der Waals surface area (Å²) in [5.41, 5.74) is 1.30. The van der Waals surface area contributed by atoms with Gasteiger partial charge in [0.05, 0.1) is 17.8 Å². The number of nitrogens with zero attached hydrogens (tertiary/aromatic N) is 4. The van der Waals surface area contributed by atoms with Crippen LogP contribution in [0.3, 0.4) is 0 Å². The number of aromatic nitrogens is 2. The predicted molar refractivity (Wildman–Crippen MR) is 114 cm³/mol. The number of aliphatic carboxylic acids is 1. The van der Waals surface area contributed by atoms with Gasteiger partial charge in [-0.25, -0.2) is 9.97 Å². The normalized spacial score (nSPS) is 15.0. The van der Waals surface area contributed by atoms with E-state index in [0.29, 0.717) is 49.1 Å². The summed E-state index contributed by atoms with van der Waals surface area (Å²) in [4.78, 5) is 24.1. The molecule has 1 N–H and O–H groups in total. The highest BCUT2D eigenvalue weighted by atomic mass is 19.4. The molecule has 3 aromatic rings. The highest BCUT2D eigenvalue weighted by Crippen LogP contribution is 2.31. The number of carboxylic acids is 1. The zero-order valence-electron chi connectivity index (χ0n) is 17.1. The molecule has 1 aromatic heterocycles. The Morgan fingerprint density at radius 2 is 1.56 bits per heavy atom. The smallest absolute Gasteiger partial charge is 0.416 e. The van der Waals surface area contributed by atoms with E-state index < -0.39 is 17.7 Å². The largest absolute Gasteiger partial charge is 0.480 e. The van der Waals surface area contributed by atoms with Gasteiger partial charge in [-0.05, 0) is 12.1 Å². The summed E-state index contributed by atoms with van der Waals surface area (Å²) in [5, 5.41) is 9.00. The second-order valence-corrected chi connectivity index (χ2v) is 7.53. The van der Waals surface area contributed by atoms with Gasteiger partial charge in [0.25, 0.3) is 0 Å². The number of carbonyl (C=O) groups is 1. The highest BCUT2D eigenvalue weighted by molar-refractivity contribution is 5.69. The molecule has 0 radical (unpaired) electrons. The Kier molecular flexibility index (Phi) is 6.09. The highest BCUT2D eigenvalue weighted by Gasteiger charge is 2.30. The molecule has 0 atom stereocenters. The Morgan fingerprint density at radius 3 is 2.16 bits per heavy atom. The van der Waals surface area contributed by atoms with Gasteiger partial charge < -0.3 is 10.0 Å². The summed E-state index contributed by atoms with van der Waals surface area (Å²) in [5.74, 6) is 0.128. The maximum atomic E-state index is 12.9. The van der Waals surface area contributed by atoms with Crippen LogP contribution in [0.2, 0.25) is 0 Å². The Morgan fingerprint density at radius 1 is 0.906 bits per heavy atom. The van der Waals surface area contributed by atoms with Crippen LogP contribution in [0.25, 0.3) is 22.6 Å². The van der Waals surface area contributed by atoms with E-state index in [-0.39, 0.29) is 6.54 Å². The fraction of sp³-hybridized carbons (Fsp3) is 0.261. The molecule has 9 heteroatoms. The number of hydrogen-bond acceptors (Lipinski definition) is 5. The van der Waals surface area contributed by atoms with Gasteiger partial charge in [-0.2, -0.15) is 13.2 Å². The molecule has 0 saturated carbocycles. The van der Waals surface area contributed by atoms with Gasteiger partial charge in [-0.3, -0.25) is 9.69 Å². The van der Waals surface area contributed by atoms with Crippen molar-refractivity contribution in [2.45, 2.75) is 6.18 Å². The molecule has 1 saturated heterocycles. The van der Waals surface area contributed by atoms with Crippen molar-refractivity contribution in [2.24, 2.45) is 0 Å². The quantitative estimate of drug-likeness (QED) is 0.643. The van der Waals surface area contributed by atoms with Crippen LogP contribution in [0.1, 0.15) is 5.56 Å². The Hall–Kier alpha value is -3.46. The van der Waals surface area contributed by atoms with Crippen LogP contribution in [0.5, 0.6) is 0 Å². The summed E-state index contributed by atoms with van der Waals surface area (Å²) < 4.78 is 38.8. The molecule has 2 aromatic carbocycles. The zero-order valence-corrected chi connectivity index (χ0v) is 17.1. The van der Waals surface area contributed by atoms with Gasteiger partial charge in [0.1, 0.15) is 5.82 Å². The van der Waals surface area contributed by atoms with Gasteiger partial charge in [-0.1, -0.05) is 42.5 Å². The number of halogens is 3. The van der Waals surface area contributed by atoms with Gasteiger partial charge >= 0.3 is 12.1 Å². The number of benzene rings is 2. The van der Waals surface area contributed by atoms with Crippen LogP contribution in [0, 0.1) is 0 Å². The van der Waals surface area contributed by atoms with Crippen molar-refractivity contribution >= 4 is 11.8 Å². The topological polar surface area (TPSA) is 69.6 Å². The molecular formula is C23H21F3N4O2. The summed E-state index contributed by atoms with van der Waals surface area (Å²) in [7, 11) is 0. The minimum atomic E-state index is -4.41. The van der Waals surface area contributed by atoms with Crippen molar-refractivity contribution in [2.75, 3.05) is 37.6 Å². The van der Waals surface area contributed by atoms with Crippen LogP contribution < -0.4 is 4.90 Å². The van der Waals surface area contributed by atoms with E-state index in [9.17, 15) is 18.0 Å². The molecule has 6 nitrogen and oxygen atoms in total. The molecule has 0 bridgehead atoms. The third kappa shape index (κ3) is 5.05. The first-order chi connectivity index (χ1) is 15.3.